The summed E-state index contributed by atoms with van der Waals surface area (Å²) in [5, 5.41) is 0. The lowest BCUT2D eigenvalue weighted by Crippen LogP contribution is -2.19. The van der Waals surface area contributed by atoms with Crippen LogP contribution in [0.15, 0.2) is 12.2 Å². The van der Waals surface area contributed by atoms with Gasteiger partial charge in [-0.2, -0.15) is 0 Å². The van der Waals surface area contributed by atoms with E-state index in [0.717, 1.165) is 25.7 Å². The molecule has 0 unspecified atom stereocenters. The zero-order valence-corrected chi connectivity index (χ0v) is 8.86. The molecular formula is C11H18O3. The zero-order chi connectivity index (χ0) is 10.4. The standard InChI is InChI=1S/C11H18O3/c1-13-10-6-3-9(4-7-10)5-8-11(12)14-2/h5,8-10H,3-4,6-7H2,1-2H3/b8-5+. The number of allylic oxidation sites excluding steroid dienone is 1. The SMILES string of the molecule is COC(=O)/C=C/C1CCC(OC)CC1. The molecule has 0 aromatic rings. The molecule has 0 spiro atoms. The number of esters is 1. The molecule has 0 amide bonds. The van der Waals surface area contributed by atoms with Crippen LogP contribution in [0.3, 0.4) is 0 Å². The normalized spacial score (nSPS) is 27.9. The molecule has 1 rings (SSSR count). The van der Waals surface area contributed by atoms with Crippen molar-refractivity contribution < 1.29 is 14.3 Å². The Balaban J connectivity index is 2.28. The minimum absolute atomic E-state index is 0.265. The van der Waals surface area contributed by atoms with Crippen LogP contribution < -0.4 is 0 Å². The molecule has 0 heterocycles. The summed E-state index contributed by atoms with van der Waals surface area (Å²) in [5.41, 5.74) is 0. The van der Waals surface area contributed by atoms with E-state index in [4.69, 9.17) is 4.74 Å². The fourth-order valence-electron chi connectivity index (χ4n) is 1.80. The van der Waals surface area contributed by atoms with Gasteiger partial charge >= 0.3 is 5.97 Å². The lowest BCUT2D eigenvalue weighted by atomic mass is 9.87. The molecule has 3 heteroatoms. The monoisotopic (exact) mass is 198 g/mol. The van der Waals surface area contributed by atoms with Crippen molar-refractivity contribution in [2.24, 2.45) is 5.92 Å². The van der Waals surface area contributed by atoms with E-state index < -0.39 is 0 Å². The van der Waals surface area contributed by atoms with E-state index in [1.54, 1.807) is 7.11 Å². The Morgan fingerprint density at radius 2 is 1.86 bits per heavy atom. The van der Waals surface area contributed by atoms with Crippen molar-refractivity contribution in [3.63, 3.8) is 0 Å². The van der Waals surface area contributed by atoms with Crippen LogP contribution in [0.4, 0.5) is 0 Å². The molecule has 0 saturated heterocycles. The Morgan fingerprint density at radius 1 is 1.21 bits per heavy atom. The van der Waals surface area contributed by atoms with Gasteiger partial charge in [-0.05, 0) is 31.6 Å². The van der Waals surface area contributed by atoms with Gasteiger partial charge in [0.15, 0.2) is 0 Å². The molecule has 0 aliphatic heterocycles. The fraction of sp³-hybridized carbons (Fsp3) is 0.727. The van der Waals surface area contributed by atoms with E-state index in [2.05, 4.69) is 4.74 Å². The van der Waals surface area contributed by atoms with Crippen molar-refractivity contribution >= 4 is 5.97 Å². The van der Waals surface area contributed by atoms with Crippen LogP contribution in [0.25, 0.3) is 0 Å². The van der Waals surface area contributed by atoms with Crippen LogP contribution >= 0.6 is 0 Å². The van der Waals surface area contributed by atoms with E-state index in [1.165, 1.54) is 13.2 Å². The molecule has 1 saturated carbocycles. The molecule has 0 aromatic carbocycles. The van der Waals surface area contributed by atoms with Crippen LogP contribution in [0.2, 0.25) is 0 Å². The number of carbonyl (C=O) groups excluding carboxylic acids is 1. The highest BCUT2D eigenvalue weighted by Gasteiger charge is 2.18. The van der Waals surface area contributed by atoms with Crippen LogP contribution in [-0.4, -0.2) is 26.3 Å². The van der Waals surface area contributed by atoms with Crippen LogP contribution in [-0.2, 0) is 14.3 Å². The molecule has 0 radical (unpaired) electrons. The molecular weight excluding hydrogens is 180 g/mol. The first kappa shape index (κ1) is 11.2. The lowest BCUT2D eigenvalue weighted by molar-refractivity contribution is -0.134. The third-order valence-corrected chi connectivity index (χ3v) is 2.76. The molecule has 1 fully saturated rings. The van der Waals surface area contributed by atoms with Gasteiger partial charge in [0, 0.05) is 13.2 Å². The average Bonchev–Trinajstić information content (AvgIpc) is 2.26. The molecule has 0 aromatic heterocycles. The van der Waals surface area contributed by atoms with E-state index >= 15 is 0 Å². The number of methoxy groups -OCH3 is 2. The second-order valence-electron chi connectivity index (χ2n) is 3.65. The Morgan fingerprint density at radius 3 is 2.36 bits per heavy atom. The van der Waals surface area contributed by atoms with E-state index in [0.29, 0.717) is 12.0 Å². The lowest BCUT2D eigenvalue weighted by Gasteiger charge is -2.25. The van der Waals surface area contributed by atoms with Gasteiger partial charge in [-0.15, -0.1) is 0 Å². The minimum Gasteiger partial charge on any atom is -0.466 e. The van der Waals surface area contributed by atoms with Crippen molar-refractivity contribution in [1.29, 1.82) is 0 Å². The molecule has 0 N–H and O–H groups in total. The van der Waals surface area contributed by atoms with Crippen molar-refractivity contribution in [1.82, 2.24) is 0 Å². The quantitative estimate of drug-likeness (QED) is 0.513. The Labute approximate surface area is 85.1 Å². The maximum atomic E-state index is 10.8. The van der Waals surface area contributed by atoms with Crippen molar-refractivity contribution in [3.8, 4) is 0 Å². The van der Waals surface area contributed by atoms with Gasteiger partial charge < -0.3 is 9.47 Å². The van der Waals surface area contributed by atoms with Gasteiger partial charge in [-0.3, -0.25) is 0 Å². The fourth-order valence-corrected chi connectivity index (χ4v) is 1.80. The summed E-state index contributed by atoms with van der Waals surface area (Å²) >= 11 is 0. The maximum absolute atomic E-state index is 10.8. The highest BCUT2D eigenvalue weighted by molar-refractivity contribution is 5.81. The first-order valence-electron chi connectivity index (χ1n) is 5.05. The molecule has 1 aliphatic carbocycles. The first-order valence-corrected chi connectivity index (χ1v) is 5.05. The second kappa shape index (κ2) is 5.81. The summed E-state index contributed by atoms with van der Waals surface area (Å²) in [4.78, 5) is 10.8. The highest BCUT2D eigenvalue weighted by Crippen LogP contribution is 2.26. The van der Waals surface area contributed by atoms with Crippen LogP contribution in [0, 0.1) is 5.92 Å². The molecule has 1 aliphatic rings. The van der Waals surface area contributed by atoms with E-state index in [1.807, 2.05) is 6.08 Å². The maximum Gasteiger partial charge on any atom is 0.330 e. The Kier molecular flexibility index (Phi) is 4.66. The summed E-state index contributed by atoms with van der Waals surface area (Å²) in [5.74, 6) is 0.249. The third-order valence-electron chi connectivity index (χ3n) is 2.76. The molecule has 0 bridgehead atoms. The molecule has 3 nitrogen and oxygen atoms in total. The predicted octanol–water partition coefficient (Wildman–Crippen LogP) is 1.92. The van der Waals surface area contributed by atoms with Gasteiger partial charge in [-0.1, -0.05) is 6.08 Å². The Bertz CT molecular complexity index is 203. The average molecular weight is 198 g/mol. The summed E-state index contributed by atoms with van der Waals surface area (Å²) in [6.45, 7) is 0. The topological polar surface area (TPSA) is 35.5 Å². The van der Waals surface area contributed by atoms with Crippen molar-refractivity contribution in [2.45, 2.75) is 31.8 Å². The number of hydrogen-bond donors (Lipinski definition) is 0. The number of carbonyl (C=O) groups is 1. The summed E-state index contributed by atoms with van der Waals surface area (Å²) in [6, 6.07) is 0. The number of hydrogen-bond acceptors (Lipinski definition) is 3. The molecule has 14 heavy (non-hydrogen) atoms. The first-order chi connectivity index (χ1) is 6.76. The third kappa shape index (κ3) is 3.50. The minimum atomic E-state index is -0.265. The summed E-state index contributed by atoms with van der Waals surface area (Å²) < 4.78 is 9.80. The van der Waals surface area contributed by atoms with Gasteiger partial charge in [0.05, 0.1) is 13.2 Å². The van der Waals surface area contributed by atoms with E-state index in [9.17, 15) is 4.79 Å². The van der Waals surface area contributed by atoms with Crippen LogP contribution in [0.1, 0.15) is 25.7 Å². The predicted molar refractivity (Wildman–Crippen MR) is 53.9 cm³/mol. The number of ether oxygens (including phenoxy) is 2. The summed E-state index contributed by atoms with van der Waals surface area (Å²) in [6.07, 6.45) is 8.28. The summed E-state index contributed by atoms with van der Waals surface area (Å²) in [7, 11) is 3.16. The number of rotatable bonds is 3. The highest BCUT2D eigenvalue weighted by atomic mass is 16.5. The van der Waals surface area contributed by atoms with Gasteiger partial charge in [0.1, 0.15) is 0 Å². The van der Waals surface area contributed by atoms with Crippen molar-refractivity contribution in [3.05, 3.63) is 12.2 Å². The Hall–Kier alpha value is -0.830. The smallest absolute Gasteiger partial charge is 0.330 e. The molecule has 0 atom stereocenters. The second-order valence-corrected chi connectivity index (χ2v) is 3.65. The largest absolute Gasteiger partial charge is 0.466 e. The molecule has 80 valence electrons. The van der Waals surface area contributed by atoms with Crippen molar-refractivity contribution in [2.75, 3.05) is 14.2 Å². The zero-order valence-electron chi connectivity index (χ0n) is 8.86. The van der Waals surface area contributed by atoms with E-state index in [-0.39, 0.29) is 5.97 Å². The van der Waals surface area contributed by atoms with Gasteiger partial charge in [-0.25, -0.2) is 4.79 Å². The van der Waals surface area contributed by atoms with Gasteiger partial charge in [0.25, 0.3) is 0 Å². The van der Waals surface area contributed by atoms with Gasteiger partial charge in [0.2, 0.25) is 0 Å². The van der Waals surface area contributed by atoms with Crippen LogP contribution in [0.5, 0.6) is 0 Å².